The molecule has 2 heterocycles. The van der Waals surface area contributed by atoms with Gasteiger partial charge < -0.3 is 4.74 Å². The highest BCUT2D eigenvalue weighted by molar-refractivity contribution is 5.88. The SMILES string of the molecule is Cc1ncc(OC[C@@]2(c3ccc(C#N)cc3)C[C@H]2C(=O)Cc2ccc(F)cn2)c(C)n1. The minimum absolute atomic E-state index is 0.0314. The van der Waals surface area contributed by atoms with Crippen LogP contribution in [0.15, 0.2) is 48.8 Å². The Morgan fingerprint density at radius 2 is 1.97 bits per heavy atom. The number of hydrogen-bond donors (Lipinski definition) is 0. The van der Waals surface area contributed by atoms with E-state index in [2.05, 4.69) is 21.0 Å². The predicted octanol–water partition coefficient (Wildman–Crippen LogP) is 3.65. The number of carbonyl (C=O) groups is 1. The first-order valence-electron chi connectivity index (χ1n) is 9.98. The molecule has 1 saturated carbocycles. The largest absolute Gasteiger partial charge is 0.489 e. The van der Waals surface area contributed by atoms with Crippen molar-refractivity contribution in [2.75, 3.05) is 6.61 Å². The zero-order valence-electron chi connectivity index (χ0n) is 17.3. The number of aromatic nitrogens is 3. The molecule has 1 aliphatic carbocycles. The molecule has 2 atom stereocenters. The Labute approximate surface area is 179 Å². The summed E-state index contributed by atoms with van der Waals surface area (Å²) in [6.07, 6.45) is 3.53. The van der Waals surface area contributed by atoms with Crippen LogP contribution in [0.3, 0.4) is 0 Å². The third-order valence-electron chi connectivity index (χ3n) is 5.74. The van der Waals surface area contributed by atoms with Crippen LogP contribution in [0.25, 0.3) is 0 Å². The van der Waals surface area contributed by atoms with Gasteiger partial charge in [0.25, 0.3) is 0 Å². The van der Waals surface area contributed by atoms with E-state index >= 15 is 0 Å². The first kappa shape index (κ1) is 20.6. The van der Waals surface area contributed by atoms with Crippen LogP contribution in [0.4, 0.5) is 4.39 Å². The van der Waals surface area contributed by atoms with Crippen molar-refractivity contribution < 1.29 is 13.9 Å². The van der Waals surface area contributed by atoms with Gasteiger partial charge in [0.05, 0.1) is 36.3 Å². The summed E-state index contributed by atoms with van der Waals surface area (Å²) < 4.78 is 19.2. The van der Waals surface area contributed by atoms with Crippen LogP contribution in [-0.2, 0) is 16.6 Å². The Kier molecular flexibility index (Phi) is 5.47. The topological polar surface area (TPSA) is 88.8 Å². The van der Waals surface area contributed by atoms with Gasteiger partial charge in [-0.05, 0) is 50.1 Å². The van der Waals surface area contributed by atoms with Crippen LogP contribution in [0.1, 0.15) is 34.8 Å². The minimum Gasteiger partial charge on any atom is -0.489 e. The smallest absolute Gasteiger partial charge is 0.158 e. The number of nitrogens with zero attached hydrogens (tertiary/aromatic N) is 4. The molecule has 0 bridgehead atoms. The number of ketones is 1. The van der Waals surface area contributed by atoms with Crippen LogP contribution in [-0.4, -0.2) is 27.3 Å². The summed E-state index contributed by atoms with van der Waals surface area (Å²) in [6, 6.07) is 12.2. The van der Waals surface area contributed by atoms with Gasteiger partial charge in [-0.15, -0.1) is 0 Å². The Morgan fingerprint density at radius 1 is 1.19 bits per heavy atom. The van der Waals surface area contributed by atoms with E-state index in [0.717, 1.165) is 17.5 Å². The fourth-order valence-corrected chi connectivity index (χ4v) is 3.90. The summed E-state index contributed by atoms with van der Waals surface area (Å²) >= 11 is 0. The fourth-order valence-electron chi connectivity index (χ4n) is 3.90. The molecule has 0 aliphatic heterocycles. The molecule has 156 valence electrons. The van der Waals surface area contributed by atoms with Gasteiger partial charge in [-0.3, -0.25) is 9.78 Å². The molecule has 0 N–H and O–H groups in total. The molecule has 0 spiro atoms. The van der Waals surface area contributed by atoms with Gasteiger partial charge in [0.1, 0.15) is 17.4 Å². The van der Waals surface area contributed by atoms with Gasteiger partial charge >= 0.3 is 0 Å². The van der Waals surface area contributed by atoms with Crippen molar-refractivity contribution in [2.45, 2.75) is 32.1 Å². The number of pyridine rings is 1. The summed E-state index contributed by atoms with van der Waals surface area (Å²) in [4.78, 5) is 25.6. The first-order valence-corrected chi connectivity index (χ1v) is 9.98. The molecule has 1 fully saturated rings. The molecule has 3 aromatic rings. The van der Waals surface area contributed by atoms with Crippen LogP contribution >= 0.6 is 0 Å². The first-order chi connectivity index (χ1) is 14.9. The number of hydrogen-bond acceptors (Lipinski definition) is 6. The van der Waals surface area contributed by atoms with E-state index in [1.54, 1.807) is 18.3 Å². The molecule has 4 rings (SSSR count). The quantitative estimate of drug-likeness (QED) is 0.584. The molecule has 2 aromatic heterocycles. The molecule has 0 radical (unpaired) electrons. The summed E-state index contributed by atoms with van der Waals surface area (Å²) in [5, 5.41) is 9.10. The molecule has 0 saturated heterocycles. The fraction of sp³-hybridized carbons (Fsp3) is 0.292. The maximum Gasteiger partial charge on any atom is 0.158 e. The lowest BCUT2D eigenvalue weighted by molar-refractivity contribution is -0.120. The molecule has 31 heavy (non-hydrogen) atoms. The maximum absolute atomic E-state index is 13.1. The third kappa shape index (κ3) is 4.29. The van der Waals surface area contributed by atoms with E-state index in [1.807, 2.05) is 26.0 Å². The second-order valence-corrected chi connectivity index (χ2v) is 7.87. The Bertz CT molecular complexity index is 1160. The normalized spacial score (nSPS) is 19.5. The molecule has 7 heteroatoms. The monoisotopic (exact) mass is 416 g/mol. The van der Waals surface area contributed by atoms with Gasteiger partial charge in [-0.25, -0.2) is 14.4 Å². The van der Waals surface area contributed by atoms with Crippen molar-refractivity contribution in [1.29, 1.82) is 5.26 Å². The Morgan fingerprint density at radius 3 is 2.61 bits per heavy atom. The number of rotatable bonds is 7. The number of Topliss-reactive ketones (excluding diaryl/α,β-unsaturated/α-hetero) is 1. The van der Waals surface area contributed by atoms with Gasteiger partial charge in [0.15, 0.2) is 5.75 Å². The lowest BCUT2D eigenvalue weighted by Gasteiger charge is -2.19. The van der Waals surface area contributed by atoms with E-state index in [9.17, 15) is 9.18 Å². The molecule has 0 unspecified atom stereocenters. The number of aryl methyl sites for hydroxylation is 2. The highest BCUT2D eigenvalue weighted by Gasteiger charge is 2.59. The molecule has 6 nitrogen and oxygen atoms in total. The number of carbonyl (C=O) groups excluding carboxylic acids is 1. The average Bonchev–Trinajstić information content (AvgIpc) is 3.51. The van der Waals surface area contributed by atoms with Crippen molar-refractivity contribution in [2.24, 2.45) is 5.92 Å². The standard InChI is InChI=1S/C24H21FN4O2/c1-15-23(13-27-16(2)29-15)31-14-24(18-5-3-17(11-26)4-6-18)10-21(24)22(30)9-20-8-7-19(25)12-28-20/h3-8,12-13,21H,9-10,14H2,1-2H3/t21-,24+/m0/s1. The van der Waals surface area contributed by atoms with Crippen LogP contribution in [0, 0.1) is 36.9 Å². The Hall–Kier alpha value is -3.66. The van der Waals surface area contributed by atoms with Crippen molar-refractivity contribution in [3.63, 3.8) is 0 Å². The lowest BCUT2D eigenvalue weighted by atomic mass is 9.91. The van der Waals surface area contributed by atoms with E-state index in [0.29, 0.717) is 35.9 Å². The van der Waals surface area contributed by atoms with Crippen LogP contribution < -0.4 is 4.74 Å². The Balaban J connectivity index is 1.57. The molecular weight excluding hydrogens is 395 g/mol. The number of benzene rings is 1. The van der Waals surface area contributed by atoms with Crippen molar-refractivity contribution >= 4 is 5.78 Å². The second kappa shape index (κ2) is 8.23. The van der Waals surface area contributed by atoms with E-state index in [4.69, 9.17) is 10.00 Å². The number of halogens is 1. The van der Waals surface area contributed by atoms with E-state index in [1.165, 1.54) is 12.1 Å². The molecule has 1 aromatic carbocycles. The number of ether oxygens (including phenoxy) is 1. The summed E-state index contributed by atoms with van der Waals surface area (Å²) in [5.74, 6) is 0.594. The van der Waals surface area contributed by atoms with Gasteiger partial charge in [-0.1, -0.05) is 12.1 Å². The summed E-state index contributed by atoms with van der Waals surface area (Å²) in [6.45, 7) is 3.96. The molecule has 1 aliphatic rings. The minimum atomic E-state index is -0.498. The third-order valence-corrected chi connectivity index (χ3v) is 5.74. The second-order valence-electron chi connectivity index (χ2n) is 7.87. The van der Waals surface area contributed by atoms with Crippen molar-refractivity contribution in [3.8, 4) is 11.8 Å². The highest BCUT2D eigenvalue weighted by Crippen LogP contribution is 2.55. The van der Waals surface area contributed by atoms with Gasteiger partial charge in [0.2, 0.25) is 0 Å². The average molecular weight is 416 g/mol. The molecule has 0 amide bonds. The van der Waals surface area contributed by atoms with E-state index < -0.39 is 11.2 Å². The number of nitriles is 1. The van der Waals surface area contributed by atoms with Crippen LogP contribution in [0.5, 0.6) is 5.75 Å². The zero-order valence-corrected chi connectivity index (χ0v) is 17.3. The lowest BCUT2D eigenvalue weighted by Crippen LogP contribution is -2.24. The van der Waals surface area contributed by atoms with Crippen LogP contribution in [0.2, 0.25) is 0 Å². The summed E-state index contributed by atoms with van der Waals surface area (Å²) in [5.41, 5.74) is 2.28. The highest BCUT2D eigenvalue weighted by atomic mass is 19.1. The zero-order chi connectivity index (χ0) is 22.0. The van der Waals surface area contributed by atoms with Crippen molar-refractivity contribution in [3.05, 3.63) is 82.9 Å². The predicted molar refractivity (Wildman–Crippen MR) is 111 cm³/mol. The molecular formula is C24H21FN4O2. The van der Waals surface area contributed by atoms with Crippen molar-refractivity contribution in [1.82, 2.24) is 15.0 Å². The van der Waals surface area contributed by atoms with Gasteiger partial charge in [-0.2, -0.15) is 5.26 Å². The van der Waals surface area contributed by atoms with E-state index in [-0.39, 0.29) is 18.1 Å². The summed E-state index contributed by atoms with van der Waals surface area (Å²) in [7, 11) is 0. The maximum atomic E-state index is 13.1. The van der Waals surface area contributed by atoms with Gasteiger partial charge in [0, 0.05) is 23.4 Å².